The van der Waals surface area contributed by atoms with Crippen molar-refractivity contribution in [3.05, 3.63) is 41.1 Å². The predicted molar refractivity (Wildman–Crippen MR) is 127 cm³/mol. The van der Waals surface area contributed by atoms with Crippen molar-refractivity contribution >= 4 is 23.6 Å². The molecule has 2 aromatic rings. The second kappa shape index (κ2) is 9.82. The van der Waals surface area contributed by atoms with E-state index in [9.17, 15) is 22.8 Å². The maximum Gasteiger partial charge on any atom is 0.573 e. The molecule has 0 saturated carbocycles. The van der Waals surface area contributed by atoms with Gasteiger partial charge in [-0.15, -0.1) is 13.2 Å². The molecule has 1 fully saturated rings. The molecule has 1 saturated heterocycles. The molecule has 0 aliphatic carbocycles. The molecule has 0 unspecified atom stereocenters. The van der Waals surface area contributed by atoms with Crippen molar-refractivity contribution in [2.45, 2.75) is 52.7 Å². The average molecular weight is 507 g/mol. The van der Waals surface area contributed by atoms with Crippen LogP contribution in [-0.4, -0.2) is 70.2 Å². The van der Waals surface area contributed by atoms with Crippen molar-refractivity contribution < 1.29 is 27.5 Å². The lowest BCUT2D eigenvalue weighted by atomic mass is 10.1. The van der Waals surface area contributed by atoms with Gasteiger partial charge in [-0.05, 0) is 38.5 Å². The Balaban J connectivity index is 1.60. The van der Waals surface area contributed by atoms with Gasteiger partial charge >= 0.3 is 6.36 Å². The smallest absolute Gasteiger partial charge is 0.406 e. The van der Waals surface area contributed by atoms with Crippen molar-refractivity contribution in [3.8, 4) is 5.75 Å². The molecule has 194 valence electrons. The van der Waals surface area contributed by atoms with Crippen LogP contribution in [0.3, 0.4) is 0 Å². The van der Waals surface area contributed by atoms with Gasteiger partial charge in [0.05, 0.1) is 6.54 Å². The number of benzene rings is 1. The Labute approximate surface area is 207 Å². The number of hydrogen-bond acceptors (Lipinski definition) is 7. The molecule has 36 heavy (non-hydrogen) atoms. The number of halogens is 3. The highest BCUT2D eigenvalue weighted by Crippen LogP contribution is 2.33. The number of anilines is 2. The summed E-state index contributed by atoms with van der Waals surface area (Å²) in [7, 11) is 0. The van der Waals surface area contributed by atoms with Crippen LogP contribution in [0.2, 0.25) is 0 Å². The zero-order valence-corrected chi connectivity index (χ0v) is 20.6. The van der Waals surface area contributed by atoms with Gasteiger partial charge in [0, 0.05) is 50.7 Å². The fourth-order valence-corrected chi connectivity index (χ4v) is 4.32. The highest BCUT2D eigenvalue weighted by Gasteiger charge is 2.36. The van der Waals surface area contributed by atoms with Crippen molar-refractivity contribution in [1.29, 1.82) is 0 Å². The van der Waals surface area contributed by atoms with Crippen LogP contribution in [0.4, 0.5) is 24.9 Å². The normalized spacial score (nSPS) is 16.9. The molecule has 3 heterocycles. The van der Waals surface area contributed by atoms with Crippen LogP contribution in [0.25, 0.3) is 0 Å². The Hall–Kier alpha value is -3.57. The van der Waals surface area contributed by atoms with Crippen molar-refractivity contribution in [2.24, 2.45) is 0 Å². The summed E-state index contributed by atoms with van der Waals surface area (Å²) in [5.41, 5.74) is 1.74. The van der Waals surface area contributed by atoms with Gasteiger partial charge in [-0.1, -0.05) is 12.1 Å². The number of nitrogens with zero attached hydrogens (tertiary/aromatic N) is 5. The SMILES string of the molecule is CC(=O)N1CCN(c2nc(N[C@H](C)c3ccc(OC(F)(F)F)cc3)c3c(n2)C(=O)N(C(C)C)C3)CC1. The summed E-state index contributed by atoms with van der Waals surface area (Å²) in [5.74, 6) is 0.445. The Morgan fingerprint density at radius 2 is 1.69 bits per heavy atom. The van der Waals surface area contributed by atoms with Crippen LogP contribution in [0, 0.1) is 0 Å². The minimum absolute atomic E-state index is 0.00936. The highest BCUT2D eigenvalue weighted by molar-refractivity contribution is 5.98. The third kappa shape index (κ3) is 5.47. The van der Waals surface area contributed by atoms with Gasteiger partial charge < -0.3 is 24.8 Å². The molecule has 2 aliphatic heterocycles. The molecular weight excluding hydrogens is 477 g/mol. The Kier molecular flexibility index (Phi) is 6.96. The van der Waals surface area contributed by atoms with Crippen LogP contribution in [-0.2, 0) is 11.3 Å². The number of alkyl halides is 3. The van der Waals surface area contributed by atoms with Crippen molar-refractivity contribution in [2.75, 3.05) is 36.4 Å². The van der Waals surface area contributed by atoms with Gasteiger partial charge in [0.25, 0.3) is 5.91 Å². The monoisotopic (exact) mass is 506 g/mol. The van der Waals surface area contributed by atoms with Gasteiger partial charge in [-0.2, -0.15) is 4.98 Å². The number of aromatic nitrogens is 2. The number of nitrogens with one attached hydrogen (secondary N) is 1. The molecule has 1 atom stereocenters. The first-order valence-electron chi connectivity index (χ1n) is 11.8. The molecule has 0 radical (unpaired) electrons. The molecule has 2 aliphatic rings. The maximum atomic E-state index is 13.1. The van der Waals surface area contributed by atoms with Crippen molar-refractivity contribution in [3.63, 3.8) is 0 Å². The molecule has 1 N–H and O–H groups in total. The van der Waals surface area contributed by atoms with E-state index in [0.717, 1.165) is 5.56 Å². The number of hydrogen-bond donors (Lipinski definition) is 1. The van der Waals surface area contributed by atoms with E-state index in [1.807, 2.05) is 25.7 Å². The lowest BCUT2D eigenvalue weighted by Crippen LogP contribution is -2.48. The average Bonchev–Trinajstić information content (AvgIpc) is 3.15. The fraction of sp³-hybridized carbons (Fsp3) is 0.500. The van der Waals surface area contributed by atoms with E-state index in [0.29, 0.717) is 55.7 Å². The molecule has 0 bridgehead atoms. The van der Waals surface area contributed by atoms with Crippen molar-refractivity contribution in [1.82, 2.24) is 19.8 Å². The Morgan fingerprint density at radius 3 is 2.25 bits per heavy atom. The minimum atomic E-state index is -4.76. The zero-order chi connectivity index (χ0) is 26.2. The van der Waals surface area contributed by atoms with E-state index in [2.05, 4.69) is 15.0 Å². The number of carbonyl (C=O) groups is 2. The highest BCUT2D eigenvalue weighted by atomic mass is 19.4. The standard InChI is InChI=1S/C24H29F3N6O3/c1-14(2)33-13-19-20(22(33)35)29-23(32-11-9-31(10-12-32)16(4)34)30-21(19)28-15(3)17-5-7-18(8-6-17)36-24(25,26)27/h5-8,14-15H,9-13H2,1-4H3,(H,28,29,30)/t15-/m1/s1. The topological polar surface area (TPSA) is 90.9 Å². The number of carbonyl (C=O) groups excluding carboxylic acids is 2. The van der Waals surface area contributed by atoms with Gasteiger partial charge in [0.2, 0.25) is 11.9 Å². The van der Waals surface area contributed by atoms with E-state index in [4.69, 9.17) is 4.98 Å². The summed E-state index contributed by atoms with van der Waals surface area (Å²) in [4.78, 5) is 39.6. The molecule has 0 spiro atoms. The van der Waals surface area contributed by atoms with Crippen LogP contribution in [0.5, 0.6) is 5.75 Å². The molecule has 2 amide bonds. The van der Waals surface area contributed by atoms with Gasteiger partial charge in [-0.3, -0.25) is 9.59 Å². The third-order valence-corrected chi connectivity index (χ3v) is 6.39. The maximum absolute atomic E-state index is 13.1. The van der Waals surface area contributed by atoms with E-state index in [1.54, 1.807) is 21.9 Å². The summed E-state index contributed by atoms with van der Waals surface area (Å²) in [6, 6.07) is 5.27. The lowest BCUT2D eigenvalue weighted by molar-refractivity contribution is -0.274. The molecule has 9 nitrogen and oxygen atoms in total. The van der Waals surface area contributed by atoms with Crippen LogP contribution < -0.4 is 15.0 Å². The summed E-state index contributed by atoms with van der Waals surface area (Å²) in [6.45, 7) is 9.76. The quantitative estimate of drug-likeness (QED) is 0.641. The number of amides is 2. The number of fused-ring (bicyclic) bond motifs is 1. The Morgan fingerprint density at radius 1 is 1.06 bits per heavy atom. The third-order valence-electron chi connectivity index (χ3n) is 6.39. The van der Waals surface area contributed by atoms with Gasteiger partial charge in [-0.25, -0.2) is 4.98 Å². The predicted octanol–water partition coefficient (Wildman–Crippen LogP) is 3.58. The number of ether oxygens (including phenoxy) is 1. The van der Waals surface area contributed by atoms with E-state index in [-0.39, 0.29) is 29.6 Å². The van der Waals surface area contributed by atoms with E-state index < -0.39 is 6.36 Å². The number of rotatable bonds is 6. The summed E-state index contributed by atoms with van der Waals surface area (Å²) in [6.07, 6.45) is -4.76. The summed E-state index contributed by atoms with van der Waals surface area (Å²) >= 11 is 0. The Bertz CT molecular complexity index is 1130. The molecule has 1 aromatic heterocycles. The summed E-state index contributed by atoms with van der Waals surface area (Å²) < 4.78 is 41.4. The molecule has 12 heteroatoms. The van der Waals surface area contributed by atoms with Crippen LogP contribution in [0.15, 0.2) is 24.3 Å². The van der Waals surface area contributed by atoms with Gasteiger partial charge in [0.1, 0.15) is 17.3 Å². The van der Waals surface area contributed by atoms with Crippen LogP contribution in [0.1, 0.15) is 55.4 Å². The minimum Gasteiger partial charge on any atom is -0.406 e. The first kappa shape index (κ1) is 25.5. The van der Waals surface area contributed by atoms with E-state index >= 15 is 0 Å². The van der Waals surface area contributed by atoms with Crippen LogP contribution >= 0.6 is 0 Å². The largest absolute Gasteiger partial charge is 0.573 e. The second-order valence-corrected chi connectivity index (χ2v) is 9.20. The molecule has 4 rings (SSSR count). The molecule has 1 aromatic carbocycles. The lowest BCUT2D eigenvalue weighted by Gasteiger charge is -2.34. The van der Waals surface area contributed by atoms with Gasteiger partial charge in [0.15, 0.2) is 0 Å². The fourth-order valence-electron chi connectivity index (χ4n) is 4.32. The first-order valence-corrected chi connectivity index (χ1v) is 11.8. The van der Waals surface area contributed by atoms with E-state index in [1.165, 1.54) is 19.1 Å². The second-order valence-electron chi connectivity index (χ2n) is 9.20. The number of piperazine rings is 1. The molecular formula is C24H29F3N6O3. The summed E-state index contributed by atoms with van der Waals surface area (Å²) in [5, 5.41) is 3.33. The first-order chi connectivity index (χ1) is 16.9. The zero-order valence-electron chi connectivity index (χ0n) is 20.6.